The van der Waals surface area contributed by atoms with Gasteiger partial charge in [0.1, 0.15) is 23.7 Å². The second kappa shape index (κ2) is 6.84. The summed E-state index contributed by atoms with van der Waals surface area (Å²) in [6.45, 7) is 0.198. The summed E-state index contributed by atoms with van der Waals surface area (Å²) >= 11 is 0. The third-order valence-electron chi connectivity index (χ3n) is 10.7. The monoisotopic (exact) mass is 626 g/mol. The first-order valence-electron chi connectivity index (χ1n) is 15.2. The molecule has 0 aliphatic carbocycles. The van der Waals surface area contributed by atoms with Gasteiger partial charge in [0.15, 0.2) is 0 Å². The minimum atomic E-state index is -4.09. The van der Waals surface area contributed by atoms with E-state index in [0.29, 0.717) is 82.2 Å². The number of hydrogen-bond acceptors (Lipinski definition) is 7. The quantitative estimate of drug-likeness (QED) is 0.144. The second-order valence-electron chi connectivity index (χ2n) is 12.8. The summed E-state index contributed by atoms with van der Waals surface area (Å²) < 4.78 is 39.1. The van der Waals surface area contributed by atoms with Crippen molar-refractivity contribution in [2.45, 2.75) is 16.4 Å². The highest BCUT2D eigenvalue weighted by Gasteiger charge is 2.39. The molecule has 0 saturated heterocycles. The van der Waals surface area contributed by atoms with Gasteiger partial charge in [0.05, 0.1) is 37.2 Å². The number of benzene rings is 7. The number of nitrogens with zero attached hydrogens (tertiary/aromatic N) is 4. The molecule has 2 aliphatic heterocycles. The van der Waals surface area contributed by atoms with Crippen molar-refractivity contribution in [3.63, 3.8) is 0 Å². The lowest BCUT2D eigenvalue weighted by molar-refractivity contribution is 0.309. The van der Waals surface area contributed by atoms with Crippen LogP contribution in [-0.2, 0) is 16.4 Å². The van der Waals surface area contributed by atoms with Gasteiger partial charge < -0.3 is 4.74 Å². The summed E-state index contributed by atoms with van der Waals surface area (Å²) in [5.41, 5.74) is 3.82. The van der Waals surface area contributed by atoms with Crippen molar-refractivity contribution in [2.75, 3.05) is 0 Å². The average molecular weight is 627 g/mol. The smallest absolute Gasteiger partial charge is 0.264 e. The van der Waals surface area contributed by atoms with Crippen LogP contribution in [0, 0.1) is 0 Å². The fourth-order valence-corrected chi connectivity index (χ4v) is 10.7. The Morgan fingerprint density at radius 1 is 0.574 bits per heavy atom. The van der Waals surface area contributed by atoms with E-state index in [-0.39, 0.29) is 27.5 Å². The minimum absolute atomic E-state index is 0.0938. The minimum Gasteiger partial charge on any atom is -0.488 e. The van der Waals surface area contributed by atoms with Crippen molar-refractivity contribution in [3.05, 3.63) is 99.1 Å². The van der Waals surface area contributed by atoms with E-state index in [1.807, 2.05) is 60.7 Å². The maximum absolute atomic E-state index is 14.7. The first-order chi connectivity index (χ1) is 22.9. The predicted molar refractivity (Wildman–Crippen MR) is 180 cm³/mol. The number of aromatic nitrogens is 4. The highest BCUT2D eigenvalue weighted by Crippen LogP contribution is 2.57. The molecule has 0 fully saturated rings. The standard InChI is InChI=1S/C37H14N4O5S/c42-36-17-9-14-13-46-23-10-15-27-18(37(43)40-21-7-3-1-5-19(21)38-34(15)40)12-25-31-30-24(47(25,44)45)11-16(28(17)32(30)26(14)29(23)33(27)31)35-39-20-6-2-4-8-22(20)41(35)36/h1-12H,13H2. The normalized spacial score (nSPS) is 15.4. The van der Waals surface area contributed by atoms with E-state index >= 15 is 0 Å². The lowest BCUT2D eigenvalue weighted by atomic mass is 9.83. The van der Waals surface area contributed by atoms with Gasteiger partial charge in [-0.15, -0.1) is 0 Å². The molecule has 7 aromatic carbocycles. The Morgan fingerprint density at radius 3 is 1.74 bits per heavy atom. The molecule has 6 heterocycles. The lowest BCUT2D eigenvalue weighted by Crippen LogP contribution is -2.16. The van der Waals surface area contributed by atoms with Gasteiger partial charge in [-0.05, 0) is 54.1 Å². The van der Waals surface area contributed by atoms with Gasteiger partial charge in [-0.2, -0.15) is 0 Å². The van der Waals surface area contributed by atoms with Crippen LogP contribution in [0.5, 0.6) is 5.75 Å². The van der Waals surface area contributed by atoms with Crippen LogP contribution >= 0.6 is 0 Å². The van der Waals surface area contributed by atoms with Gasteiger partial charge in [0.2, 0.25) is 9.84 Å². The van der Waals surface area contributed by atoms with E-state index in [1.54, 1.807) is 20.9 Å². The largest absolute Gasteiger partial charge is 0.488 e. The van der Waals surface area contributed by atoms with E-state index in [9.17, 15) is 18.0 Å². The van der Waals surface area contributed by atoms with Crippen LogP contribution in [-0.4, -0.2) is 27.2 Å². The molecule has 9 nitrogen and oxygen atoms in total. The van der Waals surface area contributed by atoms with Crippen LogP contribution in [0.3, 0.4) is 0 Å². The molecule has 0 N–H and O–H groups in total. The fraction of sp³-hybridized carbons (Fsp3) is 0.0270. The summed E-state index contributed by atoms with van der Waals surface area (Å²) in [5, 5.41) is 7.67. The third kappa shape index (κ3) is 2.21. The Labute approximate surface area is 260 Å². The predicted octanol–water partition coefficient (Wildman–Crippen LogP) is 6.28. The summed E-state index contributed by atoms with van der Waals surface area (Å²) in [7, 11) is -4.09. The molecule has 218 valence electrons. The van der Waals surface area contributed by atoms with E-state index in [4.69, 9.17) is 14.7 Å². The molecule has 0 spiro atoms. The molecule has 0 bridgehead atoms. The molecule has 0 unspecified atom stereocenters. The van der Waals surface area contributed by atoms with Gasteiger partial charge in [0, 0.05) is 59.2 Å². The Bertz CT molecular complexity index is 3600. The summed E-state index contributed by atoms with van der Waals surface area (Å²) in [5.74, 6) is 0.596. The number of rotatable bonds is 0. The molecule has 11 aromatic rings. The lowest BCUT2D eigenvalue weighted by Gasteiger charge is -2.25. The van der Waals surface area contributed by atoms with Crippen LogP contribution in [0.1, 0.15) is 5.56 Å². The second-order valence-corrected chi connectivity index (χ2v) is 14.7. The van der Waals surface area contributed by atoms with E-state index < -0.39 is 9.84 Å². The number of ether oxygens (including phenoxy) is 1. The third-order valence-corrected chi connectivity index (χ3v) is 12.5. The molecular weight excluding hydrogens is 612 g/mol. The number of imidazole rings is 2. The van der Waals surface area contributed by atoms with Crippen molar-refractivity contribution < 1.29 is 13.2 Å². The van der Waals surface area contributed by atoms with Gasteiger partial charge in [-0.25, -0.2) is 18.4 Å². The van der Waals surface area contributed by atoms with Crippen molar-refractivity contribution in [3.8, 4) is 5.75 Å². The maximum atomic E-state index is 14.7. The molecule has 13 rings (SSSR count). The fourth-order valence-electron chi connectivity index (χ4n) is 8.96. The highest BCUT2D eigenvalue weighted by molar-refractivity contribution is 7.92. The molecule has 0 saturated carbocycles. The van der Waals surface area contributed by atoms with Crippen LogP contribution in [0.2, 0.25) is 0 Å². The van der Waals surface area contributed by atoms with Crippen LogP contribution in [0.15, 0.2) is 92.2 Å². The van der Waals surface area contributed by atoms with Gasteiger partial charge >= 0.3 is 0 Å². The Morgan fingerprint density at radius 2 is 1.11 bits per heavy atom. The highest BCUT2D eigenvalue weighted by atomic mass is 32.2. The molecule has 10 heteroatoms. The van der Waals surface area contributed by atoms with E-state index in [2.05, 4.69) is 0 Å². The first-order valence-corrected chi connectivity index (χ1v) is 16.7. The van der Waals surface area contributed by atoms with E-state index in [0.717, 1.165) is 27.1 Å². The molecule has 47 heavy (non-hydrogen) atoms. The summed E-state index contributed by atoms with van der Waals surface area (Å²) in [6.07, 6.45) is 0. The summed E-state index contributed by atoms with van der Waals surface area (Å²) in [6, 6.07) is 21.9. The molecule has 0 radical (unpaired) electrons. The SMILES string of the molecule is O=c1c2cc3c4c5c(cc6c7c(cc8c(c9c(cc(c2c49)c2nc4ccccc4n12)S8(=O)=O)c57)c(=O)n1c2ccccc2nc61)OC3. The summed E-state index contributed by atoms with van der Waals surface area (Å²) in [4.78, 5) is 38.7. The number of pyridine rings is 2. The van der Waals surface area contributed by atoms with E-state index in [1.165, 1.54) is 0 Å². The molecule has 4 aromatic heterocycles. The van der Waals surface area contributed by atoms with Gasteiger partial charge in [-0.3, -0.25) is 18.4 Å². The van der Waals surface area contributed by atoms with Crippen molar-refractivity contribution >= 4 is 108 Å². The van der Waals surface area contributed by atoms with Crippen molar-refractivity contribution in [1.29, 1.82) is 0 Å². The zero-order valence-corrected chi connectivity index (χ0v) is 24.7. The maximum Gasteiger partial charge on any atom is 0.264 e. The van der Waals surface area contributed by atoms with Crippen LogP contribution < -0.4 is 15.9 Å². The average Bonchev–Trinajstić information content (AvgIpc) is 3.74. The number of para-hydroxylation sites is 4. The molecule has 0 amide bonds. The Hall–Kier alpha value is -6.13. The van der Waals surface area contributed by atoms with Crippen LogP contribution in [0.4, 0.5) is 0 Å². The number of fused-ring (bicyclic) bond motifs is 8. The zero-order valence-electron chi connectivity index (χ0n) is 23.9. The molecule has 2 aliphatic rings. The van der Waals surface area contributed by atoms with Gasteiger partial charge in [-0.1, -0.05) is 24.3 Å². The number of hydrogen-bond donors (Lipinski definition) is 0. The van der Waals surface area contributed by atoms with Gasteiger partial charge in [0.25, 0.3) is 11.1 Å². The first kappa shape index (κ1) is 23.2. The van der Waals surface area contributed by atoms with Crippen molar-refractivity contribution in [2.24, 2.45) is 0 Å². The zero-order chi connectivity index (χ0) is 30.8. The Balaban J connectivity index is 1.40. The van der Waals surface area contributed by atoms with Crippen LogP contribution in [0.25, 0.3) is 98.0 Å². The number of sulfone groups is 1. The molecule has 0 atom stereocenters. The molecular formula is C37H14N4O5S. The Kier molecular flexibility index (Phi) is 3.38. The topological polar surface area (TPSA) is 112 Å². The van der Waals surface area contributed by atoms with Crippen molar-refractivity contribution in [1.82, 2.24) is 18.8 Å².